The van der Waals surface area contributed by atoms with Crippen LogP contribution in [0.15, 0.2) is 72.8 Å². The maximum atomic E-state index is 15.1. The van der Waals surface area contributed by atoms with Gasteiger partial charge in [0, 0.05) is 45.9 Å². The molecule has 7 amide bonds. The molecule has 3 aromatic rings. The maximum absolute atomic E-state index is 15.1. The number of likely N-dealkylation sites (tertiary alicyclic amines) is 1. The molecule has 3 aromatic carbocycles. The molecule has 9 atom stereocenters. The smallest absolute Gasteiger partial charge is 0.246 e. The standard InChI is InChI=1S/C56H79N9O7/c1-33(57-9)48(66)61-46(55(3,4)5)53(71)64-31-39-28-37(25-26-38(39)29-44(64)51(69)60-43(52(70)63(11)12)27-35-19-14-13-15-20-35)40-30-45(50(68)59-42-24-18-22-36-21-16-17-23-41(36)42)65(32-40)54(72)47(56(6,7)8)62-49(67)34(2)58-10/h13-17,19-21,23,25-26,28,33-34,40,42-47,57-58H,18,22,24,27,29-32H2,1-12H3,(H,59,68)(H,60,69)(H,61,66)(H,62,67)/t33-,34-,40?,42?,43?,44-,45-,46?,47+/m0/s1. The van der Waals surface area contributed by atoms with E-state index in [0.29, 0.717) is 6.42 Å². The zero-order chi connectivity index (χ0) is 52.8. The lowest BCUT2D eigenvalue weighted by Crippen LogP contribution is -2.63. The molecule has 3 aliphatic rings. The van der Waals surface area contributed by atoms with E-state index in [4.69, 9.17) is 0 Å². The molecule has 2 aliphatic heterocycles. The van der Waals surface area contributed by atoms with Gasteiger partial charge in [-0.3, -0.25) is 33.6 Å². The van der Waals surface area contributed by atoms with Crippen LogP contribution in [0.25, 0.3) is 0 Å². The fourth-order valence-corrected chi connectivity index (χ4v) is 10.1. The number of hydrogen-bond donors (Lipinski definition) is 6. The van der Waals surface area contributed by atoms with Crippen LogP contribution in [0.5, 0.6) is 0 Å². The number of amides is 7. The summed E-state index contributed by atoms with van der Waals surface area (Å²) >= 11 is 0. The molecule has 16 heteroatoms. The summed E-state index contributed by atoms with van der Waals surface area (Å²) in [7, 11) is 6.61. The van der Waals surface area contributed by atoms with E-state index in [-0.39, 0.29) is 67.4 Å². The number of aryl methyl sites for hydroxylation is 1. The van der Waals surface area contributed by atoms with Crippen LogP contribution >= 0.6 is 0 Å². The summed E-state index contributed by atoms with van der Waals surface area (Å²) in [5.74, 6) is -2.88. The van der Waals surface area contributed by atoms with Crippen molar-refractivity contribution >= 4 is 41.4 Å². The third-order valence-corrected chi connectivity index (χ3v) is 14.8. The van der Waals surface area contributed by atoms with Gasteiger partial charge in [0.05, 0.1) is 18.1 Å². The Morgan fingerprint density at radius 3 is 1.85 bits per heavy atom. The Morgan fingerprint density at radius 1 is 0.681 bits per heavy atom. The highest BCUT2D eigenvalue weighted by Gasteiger charge is 2.47. The molecule has 0 aromatic heterocycles. The molecule has 4 unspecified atom stereocenters. The Hall–Kier alpha value is -6.13. The van der Waals surface area contributed by atoms with Crippen LogP contribution < -0.4 is 31.9 Å². The molecule has 1 aliphatic carbocycles. The molecule has 1 fully saturated rings. The fourth-order valence-electron chi connectivity index (χ4n) is 10.1. The van der Waals surface area contributed by atoms with Gasteiger partial charge in [0.2, 0.25) is 41.4 Å². The molecule has 6 N–H and O–H groups in total. The summed E-state index contributed by atoms with van der Waals surface area (Å²) in [6.45, 7) is 14.9. The molecule has 16 nitrogen and oxygen atoms in total. The Labute approximate surface area is 426 Å². The van der Waals surface area contributed by atoms with E-state index < -0.39 is 64.9 Å². The van der Waals surface area contributed by atoms with Crippen LogP contribution in [0.3, 0.4) is 0 Å². The molecule has 0 radical (unpaired) electrons. The largest absolute Gasteiger partial charge is 0.347 e. The summed E-state index contributed by atoms with van der Waals surface area (Å²) in [5.41, 5.74) is 4.10. The lowest BCUT2D eigenvalue weighted by molar-refractivity contribution is -0.148. The van der Waals surface area contributed by atoms with Crippen LogP contribution in [-0.2, 0) is 59.4 Å². The molecule has 1 saturated heterocycles. The summed E-state index contributed by atoms with van der Waals surface area (Å²) in [5, 5.41) is 18.2. The first-order chi connectivity index (χ1) is 33.9. The second-order valence-electron chi connectivity index (χ2n) is 22.4. The number of carbonyl (C=O) groups is 7. The van der Waals surface area contributed by atoms with Gasteiger partial charge in [-0.05, 0) is 97.8 Å². The van der Waals surface area contributed by atoms with Gasteiger partial charge in [-0.15, -0.1) is 0 Å². The topological polar surface area (TPSA) is 201 Å². The molecule has 390 valence electrons. The van der Waals surface area contributed by atoms with Gasteiger partial charge >= 0.3 is 0 Å². The number of fused-ring (bicyclic) bond motifs is 2. The van der Waals surface area contributed by atoms with Crippen molar-refractivity contribution in [3.05, 3.63) is 106 Å². The highest BCUT2D eigenvalue weighted by atomic mass is 16.2. The number of benzene rings is 3. The summed E-state index contributed by atoms with van der Waals surface area (Å²) < 4.78 is 0. The van der Waals surface area contributed by atoms with E-state index in [1.54, 1.807) is 46.9 Å². The number of carbonyl (C=O) groups excluding carboxylic acids is 7. The molecule has 72 heavy (non-hydrogen) atoms. The van der Waals surface area contributed by atoms with Gasteiger partial charge in [-0.2, -0.15) is 0 Å². The van der Waals surface area contributed by atoms with Crippen molar-refractivity contribution in [2.24, 2.45) is 10.8 Å². The number of likely N-dealkylation sites (N-methyl/N-ethyl adjacent to an activating group) is 3. The van der Waals surface area contributed by atoms with Crippen molar-refractivity contribution in [1.82, 2.24) is 46.6 Å². The highest BCUT2D eigenvalue weighted by Crippen LogP contribution is 2.38. The number of nitrogens with one attached hydrogen (secondary N) is 6. The predicted octanol–water partition coefficient (Wildman–Crippen LogP) is 3.91. The van der Waals surface area contributed by atoms with Crippen LogP contribution in [0.2, 0.25) is 0 Å². The van der Waals surface area contributed by atoms with Crippen LogP contribution in [0, 0.1) is 10.8 Å². The molecule has 2 heterocycles. The van der Waals surface area contributed by atoms with Gasteiger partial charge in [-0.1, -0.05) is 114 Å². The van der Waals surface area contributed by atoms with Crippen molar-refractivity contribution in [1.29, 1.82) is 0 Å². The van der Waals surface area contributed by atoms with Crippen LogP contribution in [0.1, 0.15) is 120 Å². The molecule has 0 bridgehead atoms. The van der Waals surface area contributed by atoms with E-state index in [2.05, 4.69) is 44.0 Å². The van der Waals surface area contributed by atoms with Gasteiger partial charge in [0.15, 0.2) is 0 Å². The van der Waals surface area contributed by atoms with Crippen molar-refractivity contribution in [3.8, 4) is 0 Å². The Bertz CT molecular complexity index is 2470. The average Bonchev–Trinajstić information content (AvgIpc) is 3.81. The second kappa shape index (κ2) is 23.2. The first-order valence-electron chi connectivity index (χ1n) is 25.5. The molecular weight excluding hydrogens is 911 g/mol. The van der Waals surface area contributed by atoms with Crippen molar-refractivity contribution in [2.75, 3.05) is 34.7 Å². The summed E-state index contributed by atoms with van der Waals surface area (Å²) in [6.07, 6.45) is 3.27. The van der Waals surface area contributed by atoms with Crippen LogP contribution in [0.4, 0.5) is 0 Å². The monoisotopic (exact) mass is 990 g/mol. The first-order valence-corrected chi connectivity index (χ1v) is 25.5. The average molecular weight is 990 g/mol. The van der Waals surface area contributed by atoms with Gasteiger partial charge < -0.3 is 46.6 Å². The minimum absolute atomic E-state index is 0.0112. The molecular formula is C56H79N9O7. The van der Waals surface area contributed by atoms with Crippen molar-refractivity contribution in [3.63, 3.8) is 0 Å². The lowest BCUT2D eigenvalue weighted by Gasteiger charge is -2.41. The second-order valence-corrected chi connectivity index (χ2v) is 22.4. The molecule has 0 saturated carbocycles. The quantitative estimate of drug-likeness (QED) is 0.123. The summed E-state index contributed by atoms with van der Waals surface area (Å²) in [4.78, 5) is 105. The molecule has 0 spiro atoms. The van der Waals surface area contributed by atoms with E-state index in [1.165, 1.54) is 15.4 Å². The lowest BCUT2D eigenvalue weighted by atomic mass is 9.83. The van der Waals surface area contributed by atoms with Crippen LogP contribution in [-0.4, -0.2) is 133 Å². The number of rotatable bonds is 16. The maximum Gasteiger partial charge on any atom is 0.246 e. The van der Waals surface area contributed by atoms with Gasteiger partial charge in [0.25, 0.3) is 0 Å². The zero-order valence-corrected chi connectivity index (χ0v) is 44.5. The third kappa shape index (κ3) is 12.9. The third-order valence-electron chi connectivity index (χ3n) is 14.8. The number of nitrogens with zero attached hydrogens (tertiary/aromatic N) is 3. The predicted molar refractivity (Wildman–Crippen MR) is 278 cm³/mol. The minimum Gasteiger partial charge on any atom is -0.347 e. The highest BCUT2D eigenvalue weighted by molar-refractivity contribution is 5.96. The van der Waals surface area contributed by atoms with Gasteiger partial charge in [-0.25, -0.2) is 0 Å². The van der Waals surface area contributed by atoms with E-state index in [9.17, 15) is 28.8 Å². The van der Waals surface area contributed by atoms with Crippen molar-refractivity contribution in [2.45, 2.75) is 155 Å². The number of hydrogen-bond acceptors (Lipinski definition) is 9. The first kappa shape index (κ1) is 55.2. The fraction of sp³-hybridized carbons (Fsp3) is 0.554. The minimum atomic E-state index is -1.04. The van der Waals surface area contributed by atoms with E-state index in [0.717, 1.165) is 47.1 Å². The Kier molecular flexibility index (Phi) is 17.8. The molecule has 6 rings (SSSR count). The van der Waals surface area contributed by atoms with Gasteiger partial charge in [0.1, 0.15) is 30.2 Å². The Morgan fingerprint density at radius 2 is 1.26 bits per heavy atom. The summed E-state index contributed by atoms with van der Waals surface area (Å²) in [6, 6.07) is 17.3. The van der Waals surface area contributed by atoms with E-state index >= 15 is 4.79 Å². The van der Waals surface area contributed by atoms with E-state index in [1.807, 2.05) is 102 Å². The Balaban J connectivity index is 1.37. The normalized spacial score (nSPS) is 20.9. The zero-order valence-electron chi connectivity index (χ0n) is 44.5. The van der Waals surface area contributed by atoms with Crippen molar-refractivity contribution < 1.29 is 33.6 Å². The SMILES string of the molecule is CN[C@@H](C)C(=O)NC(C(=O)N1Cc2cc(C3C[C@@H](C(=O)NC4CCCc5ccccc54)N(C(=O)[C@@H](NC(=O)[C@H](C)NC)C(C)(C)C)C3)ccc2C[C@H]1C(=O)NC(Cc1ccccc1)C(=O)N(C)C)C(C)(C)C.